The van der Waals surface area contributed by atoms with E-state index in [2.05, 4.69) is 29.8 Å². The van der Waals surface area contributed by atoms with Crippen LogP contribution in [0.3, 0.4) is 0 Å². The summed E-state index contributed by atoms with van der Waals surface area (Å²) in [5, 5.41) is 13.8. The summed E-state index contributed by atoms with van der Waals surface area (Å²) in [5.74, 6) is 0.795. The van der Waals surface area contributed by atoms with Gasteiger partial charge in [0, 0.05) is 23.2 Å². The Morgan fingerprint density at radius 3 is 2.55 bits per heavy atom. The lowest BCUT2D eigenvalue weighted by Crippen LogP contribution is -2.20. The van der Waals surface area contributed by atoms with Crippen molar-refractivity contribution in [3.8, 4) is 23.1 Å². The number of hydrogen-bond acceptors (Lipinski definition) is 4. The van der Waals surface area contributed by atoms with E-state index in [0.717, 1.165) is 60.0 Å². The maximum atomic E-state index is 12.2. The zero-order valence-corrected chi connectivity index (χ0v) is 19.6. The van der Waals surface area contributed by atoms with Crippen molar-refractivity contribution in [2.24, 2.45) is 0 Å². The largest absolute Gasteiger partial charge is 0.494 e. The number of ether oxygens (including phenoxy) is 2. The second kappa shape index (κ2) is 9.99. The molecule has 1 aromatic heterocycles. The number of carbonyl (C=O) groups is 1. The molecule has 3 aromatic rings. The molecule has 1 aliphatic carbocycles. The van der Waals surface area contributed by atoms with Crippen LogP contribution in [0, 0.1) is 11.3 Å². The molecule has 1 heterocycles. The van der Waals surface area contributed by atoms with Crippen molar-refractivity contribution >= 4 is 22.7 Å². The number of benzene rings is 2. The van der Waals surface area contributed by atoms with E-state index in [1.165, 1.54) is 0 Å². The Morgan fingerprint density at radius 2 is 1.91 bits per heavy atom. The number of aromatic nitrogens is 1. The number of nitriles is 1. The van der Waals surface area contributed by atoms with E-state index in [1.807, 2.05) is 49.4 Å². The van der Waals surface area contributed by atoms with Gasteiger partial charge >= 0.3 is 6.09 Å². The summed E-state index contributed by atoms with van der Waals surface area (Å²) in [5.41, 5.74) is 4.12. The van der Waals surface area contributed by atoms with Crippen molar-refractivity contribution < 1.29 is 14.3 Å². The van der Waals surface area contributed by atoms with Crippen molar-refractivity contribution in [3.05, 3.63) is 48.0 Å². The lowest BCUT2D eigenvalue weighted by atomic mass is 10.1. The van der Waals surface area contributed by atoms with Crippen molar-refractivity contribution in [1.82, 2.24) is 4.57 Å². The van der Waals surface area contributed by atoms with Crippen LogP contribution in [0.4, 0.5) is 10.5 Å². The second-order valence-corrected chi connectivity index (χ2v) is 8.59. The molecule has 2 aromatic carbocycles. The van der Waals surface area contributed by atoms with Gasteiger partial charge in [0.25, 0.3) is 0 Å². The van der Waals surface area contributed by atoms with Gasteiger partial charge in [-0.15, -0.1) is 0 Å². The highest BCUT2D eigenvalue weighted by atomic mass is 16.6. The van der Waals surface area contributed by atoms with Gasteiger partial charge in [-0.05, 0) is 75.8 Å². The zero-order chi connectivity index (χ0) is 23.4. The number of amides is 1. The minimum absolute atomic E-state index is 0.0234. The van der Waals surface area contributed by atoms with Gasteiger partial charge in [-0.3, -0.25) is 5.32 Å². The minimum Gasteiger partial charge on any atom is -0.494 e. The molecule has 1 unspecified atom stereocenters. The molecule has 1 amide bonds. The summed E-state index contributed by atoms with van der Waals surface area (Å²) in [6.45, 7) is 6.85. The van der Waals surface area contributed by atoms with Crippen LogP contribution in [0.25, 0.3) is 22.2 Å². The van der Waals surface area contributed by atoms with E-state index in [4.69, 9.17) is 9.47 Å². The van der Waals surface area contributed by atoms with Crippen LogP contribution in [-0.2, 0) is 4.74 Å². The molecule has 1 saturated carbocycles. The molecule has 0 aliphatic heterocycles. The molecule has 0 bridgehead atoms. The predicted octanol–water partition coefficient (Wildman–Crippen LogP) is 7.04. The Morgan fingerprint density at radius 1 is 1.18 bits per heavy atom. The van der Waals surface area contributed by atoms with Crippen LogP contribution in [0.5, 0.6) is 5.75 Å². The molecular weight excluding hydrogens is 414 g/mol. The van der Waals surface area contributed by atoms with Gasteiger partial charge in [-0.25, -0.2) is 4.79 Å². The van der Waals surface area contributed by atoms with Crippen LogP contribution >= 0.6 is 0 Å². The minimum atomic E-state index is -0.412. The Labute approximate surface area is 195 Å². The SMILES string of the molecule is CCOc1ccc2c(C#N)c(-c3ccc(NC(=O)OC4CCCC4)cc3)n(C(C)CC)c2c1. The van der Waals surface area contributed by atoms with Gasteiger partial charge in [0.05, 0.1) is 23.4 Å². The molecule has 1 fully saturated rings. The average Bonchev–Trinajstić information content (AvgIpc) is 3.44. The predicted molar refractivity (Wildman–Crippen MR) is 131 cm³/mol. The summed E-state index contributed by atoms with van der Waals surface area (Å²) < 4.78 is 13.4. The molecule has 33 heavy (non-hydrogen) atoms. The number of fused-ring (bicyclic) bond motifs is 1. The number of rotatable bonds is 7. The van der Waals surface area contributed by atoms with Crippen LogP contribution in [0.1, 0.15) is 64.5 Å². The Balaban J connectivity index is 1.69. The molecule has 172 valence electrons. The number of hydrogen-bond donors (Lipinski definition) is 1. The van der Waals surface area contributed by atoms with E-state index in [1.54, 1.807) is 0 Å². The number of carbonyl (C=O) groups excluding carboxylic acids is 1. The maximum absolute atomic E-state index is 12.2. The molecule has 6 nitrogen and oxygen atoms in total. The number of nitrogens with zero attached hydrogens (tertiary/aromatic N) is 2. The van der Waals surface area contributed by atoms with Crippen molar-refractivity contribution in [2.75, 3.05) is 11.9 Å². The van der Waals surface area contributed by atoms with Gasteiger partial charge in [0.15, 0.2) is 0 Å². The molecular formula is C27H31N3O3. The molecule has 1 aliphatic rings. The monoisotopic (exact) mass is 445 g/mol. The van der Waals surface area contributed by atoms with E-state index >= 15 is 0 Å². The first kappa shape index (κ1) is 22.7. The fourth-order valence-corrected chi connectivity index (χ4v) is 4.60. The molecule has 0 spiro atoms. The van der Waals surface area contributed by atoms with Crippen LogP contribution in [-0.4, -0.2) is 23.4 Å². The lowest BCUT2D eigenvalue weighted by Gasteiger charge is -2.18. The Bertz CT molecular complexity index is 1170. The van der Waals surface area contributed by atoms with Crippen molar-refractivity contribution in [1.29, 1.82) is 5.26 Å². The number of anilines is 1. The molecule has 4 rings (SSSR count). The van der Waals surface area contributed by atoms with Gasteiger partial charge in [-0.1, -0.05) is 19.1 Å². The summed E-state index contributed by atoms with van der Waals surface area (Å²) in [7, 11) is 0. The standard InChI is InChI=1S/C27H31N3O3/c1-4-18(3)30-25-16-22(32-5-2)14-15-23(25)24(17-28)26(30)19-10-12-20(13-11-19)29-27(31)33-21-8-6-7-9-21/h10-16,18,21H,4-9H2,1-3H3,(H,29,31). The molecule has 0 radical (unpaired) electrons. The molecule has 1 atom stereocenters. The molecule has 1 N–H and O–H groups in total. The highest BCUT2D eigenvalue weighted by Gasteiger charge is 2.22. The summed E-state index contributed by atoms with van der Waals surface area (Å²) >= 11 is 0. The smallest absolute Gasteiger partial charge is 0.411 e. The third-order valence-electron chi connectivity index (χ3n) is 6.41. The van der Waals surface area contributed by atoms with E-state index in [-0.39, 0.29) is 12.1 Å². The van der Waals surface area contributed by atoms with Gasteiger partial charge in [0.2, 0.25) is 0 Å². The van der Waals surface area contributed by atoms with Crippen molar-refractivity contribution in [3.63, 3.8) is 0 Å². The fraction of sp³-hybridized carbons (Fsp3) is 0.407. The van der Waals surface area contributed by atoms with Crippen LogP contribution in [0.2, 0.25) is 0 Å². The number of nitrogens with one attached hydrogen (secondary N) is 1. The topological polar surface area (TPSA) is 76.3 Å². The van der Waals surface area contributed by atoms with Gasteiger partial charge < -0.3 is 14.0 Å². The zero-order valence-electron chi connectivity index (χ0n) is 19.6. The normalized spacial score (nSPS) is 14.7. The second-order valence-electron chi connectivity index (χ2n) is 8.59. The highest BCUT2D eigenvalue weighted by Crippen LogP contribution is 2.38. The third kappa shape index (κ3) is 4.68. The fourth-order valence-electron chi connectivity index (χ4n) is 4.60. The first-order valence-electron chi connectivity index (χ1n) is 11.8. The first-order chi connectivity index (χ1) is 16.0. The lowest BCUT2D eigenvalue weighted by molar-refractivity contribution is 0.114. The van der Waals surface area contributed by atoms with Gasteiger partial charge in [0.1, 0.15) is 17.9 Å². The Hall–Kier alpha value is -3.46. The van der Waals surface area contributed by atoms with Crippen LogP contribution < -0.4 is 10.1 Å². The molecule has 6 heteroatoms. The summed E-state index contributed by atoms with van der Waals surface area (Å²) in [6.07, 6.45) is 4.64. The van der Waals surface area contributed by atoms with Crippen molar-refractivity contribution in [2.45, 2.75) is 65.0 Å². The first-order valence-corrected chi connectivity index (χ1v) is 11.8. The van der Waals surface area contributed by atoms with E-state index < -0.39 is 6.09 Å². The van der Waals surface area contributed by atoms with Gasteiger partial charge in [-0.2, -0.15) is 5.26 Å². The van der Waals surface area contributed by atoms with E-state index in [0.29, 0.717) is 17.9 Å². The Kier molecular flexibility index (Phi) is 6.88. The van der Waals surface area contributed by atoms with Crippen LogP contribution in [0.15, 0.2) is 42.5 Å². The average molecular weight is 446 g/mol. The summed E-state index contributed by atoms with van der Waals surface area (Å²) in [6, 6.07) is 16.1. The van der Waals surface area contributed by atoms with E-state index in [9.17, 15) is 10.1 Å². The highest BCUT2D eigenvalue weighted by molar-refractivity contribution is 5.95. The molecule has 0 saturated heterocycles. The quantitative estimate of drug-likeness (QED) is 0.423. The summed E-state index contributed by atoms with van der Waals surface area (Å²) in [4.78, 5) is 12.2. The maximum Gasteiger partial charge on any atom is 0.411 e. The third-order valence-corrected chi connectivity index (χ3v) is 6.41.